The highest BCUT2D eigenvalue weighted by atomic mass is 16.2. The van der Waals surface area contributed by atoms with Gasteiger partial charge in [0.05, 0.1) is 6.54 Å². The molecule has 1 amide bonds. The maximum absolute atomic E-state index is 11.9. The number of nitrogens with one attached hydrogen (secondary N) is 2. The van der Waals surface area contributed by atoms with Gasteiger partial charge >= 0.3 is 0 Å². The van der Waals surface area contributed by atoms with Crippen molar-refractivity contribution in [1.82, 2.24) is 15.5 Å². The van der Waals surface area contributed by atoms with Gasteiger partial charge in [-0.3, -0.25) is 9.79 Å². The van der Waals surface area contributed by atoms with E-state index in [1.807, 2.05) is 11.8 Å². The molecule has 6 nitrogen and oxygen atoms in total. The molecule has 2 heterocycles. The van der Waals surface area contributed by atoms with E-state index in [0.717, 1.165) is 51.5 Å². The van der Waals surface area contributed by atoms with Crippen LogP contribution in [0.4, 0.5) is 5.69 Å². The Hall–Kier alpha value is -2.24. The molecule has 0 saturated carbocycles. The van der Waals surface area contributed by atoms with Crippen molar-refractivity contribution in [2.75, 3.05) is 37.6 Å². The molecule has 2 unspecified atom stereocenters. The van der Waals surface area contributed by atoms with E-state index in [1.165, 1.54) is 11.3 Å². The highest BCUT2D eigenvalue weighted by molar-refractivity contribution is 5.80. The van der Waals surface area contributed by atoms with Crippen molar-refractivity contribution in [3.8, 4) is 0 Å². The van der Waals surface area contributed by atoms with Crippen molar-refractivity contribution >= 4 is 17.6 Å². The summed E-state index contributed by atoms with van der Waals surface area (Å²) in [6, 6.07) is 9.30. The Balaban J connectivity index is 1.57. The minimum Gasteiger partial charge on any atom is -0.366 e. The first kappa shape index (κ1) is 19.5. The number of carbonyl (C=O) groups excluding carboxylic acids is 1. The number of benzene rings is 1. The van der Waals surface area contributed by atoms with Crippen molar-refractivity contribution in [2.24, 2.45) is 4.99 Å². The summed E-state index contributed by atoms with van der Waals surface area (Å²) < 4.78 is 0. The molecule has 1 fully saturated rings. The second-order valence-electron chi connectivity index (χ2n) is 7.46. The van der Waals surface area contributed by atoms with Gasteiger partial charge in [-0.25, -0.2) is 0 Å². The number of likely N-dealkylation sites (tertiary alicyclic amines) is 1. The summed E-state index contributed by atoms with van der Waals surface area (Å²) >= 11 is 0. The summed E-state index contributed by atoms with van der Waals surface area (Å²) in [6.45, 7) is 10.5. The second kappa shape index (κ2) is 9.11. The smallest absolute Gasteiger partial charge is 0.222 e. The fourth-order valence-corrected chi connectivity index (χ4v) is 3.99. The molecule has 0 bridgehead atoms. The molecule has 2 aliphatic rings. The zero-order valence-corrected chi connectivity index (χ0v) is 16.9. The van der Waals surface area contributed by atoms with Crippen LogP contribution in [0.3, 0.4) is 0 Å². The van der Waals surface area contributed by atoms with E-state index >= 15 is 0 Å². The van der Waals surface area contributed by atoms with Crippen LogP contribution in [0.25, 0.3) is 0 Å². The minimum atomic E-state index is 0.238. The maximum Gasteiger partial charge on any atom is 0.222 e. The standard InChI is InChI=1S/C21H33N5O/c1-4-20(27)25-12-11-18(15-25)24-21(22-5-2)23-14-16(3)26-13-10-17-8-6-7-9-19(17)26/h6-9,16,18H,4-5,10-15H2,1-3H3,(H2,22,23,24). The highest BCUT2D eigenvalue weighted by Crippen LogP contribution is 2.29. The lowest BCUT2D eigenvalue weighted by Crippen LogP contribution is -2.45. The van der Waals surface area contributed by atoms with Crippen molar-refractivity contribution in [2.45, 2.75) is 52.1 Å². The topological polar surface area (TPSA) is 60.0 Å². The zero-order chi connectivity index (χ0) is 19.2. The van der Waals surface area contributed by atoms with E-state index in [4.69, 9.17) is 4.99 Å². The number of hydrogen-bond acceptors (Lipinski definition) is 3. The van der Waals surface area contributed by atoms with Crippen molar-refractivity contribution in [3.63, 3.8) is 0 Å². The third kappa shape index (κ3) is 4.73. The summed E-state index contributed by atoms with van der Waals surface area (Å²) in [5.74, 6) is 1.09. The SMILES string of the molecule is CCNC(=NCC(C)N1CCc2ccccc21)NC1CCN(C(=O)CC)C1. The van der Waals surface area contributed by atoms with E-state index in [0.29, 0.717) is 12.5 Å². The number of anilines is 1. The fraction of sp³-hybridized carbons (Fsp3) is 0.619. The number of rotatable bonds is 6. The van der Waals surface area contributed by atoms with Crippen molar-refractivity contribution in [3.05, 3.63) is 29.8 Å². The molecule has 6 heteroatoms. The quantitative estimate of drug-likeness (QED) is 0.593. The molecule has 2 aliphatic heterocycles. The summed E-state index contributed by atoms with van der Waals surface area (Å²) in [5, 5.41) is 6.87. The van der Waals surface area contributed by atoms with Crippen LogP contribution in [-0.2, 0) is 11.2 Å². The van der Waals surface area contributed by atoms with Gasteiger partial charge in [0.15, 0.2) is 5.96 Å². The van der Waals surface area contributed by atoms with Crippen LogP contribution in [0.1, 0.15) is 39.2 Å². The molecule has 1 saturated heterocycles. The van der Waals surface area contributed by atoms with E-state index < -0.39 is 0 Å². The molecule has 1 aromatic carbocycles. The van der Waals surface area contributed by atoms with Gasteiger partial charge in [0.25, 0.3) is 0 Å². The Morgan fingerprint density at radius 2 is 2.11 bits per heavy atom. The molecule has 0 aliphatic carbocycles. The fourth-order valence-electron chi connectivity index (χ4n) is 3.99. The van der Waals surface area contributed by atoms with Gasteiger partial charge in [0.2, 0.25) is 5.91 Å². The van der Waals surface area contributed by atoms with Crippen LogP contribution < -0.4 is 15.5 Å². The first-order valence-corrected chi connectivity index (χ1v) is 10.3. The van der Waals surface area contributed by atoms with Gasteiger partial charge in [0.1, 0.15) is 0 Å². The molecule has 1 aromatic rings. The van der Waals surface area contributed by atoms with Crippen LogP contribution >= 0.6 is 0 Å². The lowest BCUT2D eigenvalue weighted by molar-refractivity contribution is -0.129. The minimum absolute atomic E-state index is 0.238. The summed E-state index contributed by atoms with van der Waals surface area (Å²) in [5.41, 5.74) is 2.78. The number of aliphatic imine (C=N–C) groups is 1. The molecule has 0 spiro atoms. The van der Waals surface area contributed by atoms with Crippen molar-refractivity contribution in [1.29, 1.82) is 0 Å². The Morgan fingerprint density at radius 1 is 1.30 bits per heavy atom. The molecule has 2 N–H and O–H groups in total. The summed E-state index contributed by atoms with van der Waals surface area (Å²) in [6.07, 6.45) is 2.67. The predicted octanol–water partition coefficient (Wildman–Crippen LogP) is 2.00. The predicted molar refractivity (Wildman–Crippen MR) is 111 cm³/mol. The molecule has 3 rings (SSSR count). The highest BCUT2D eigenvalue weighted by Gasteiger charge is 2.26. The van der Waals surface area contributed by atoms with Crippen LogP contribution in [0.2, 0.25) is 0 Å². The van der Waals surface area contributed by atoms with Gasteiger partial charge in [-0.05, 0) is 38.3 Å². The number of para-hydroxylation sites is 1. The normalized spacial score (nSPS) is 20.6. The van der Waals surface area contributed by atoms with Crippen molar-refractivity contribution < 1.29 is 4.79 Å². The maximum atomic E-state index is 11.9. The summed E-state index contributed by atoms with van der Waals surface area (Å²) in [7, 11) is 0. The van der Waals surface area contributed by atoms with E-state index in [9.17, 15) is 4.79 Å². The average Bonchev–Trinajstić information content (AvgIpc) is 3.32. The Labute approximate surface area is 163 Å². The molecular formula is C21H33N5O. The van der Waals surface area contributed by atoms with E-state index in [-0.39, 0.29) is 11.9 Å². The average molecular weight is 372 g/mol. The Morgan fingerprint density at radius 3 is 2.89 bits per heavy atom. The largest absolute Gasteiger partial charge is 0.366 e. The first-order chi connectivity index (χ1) is 13.1. The molecule has 27 heavy (non-hydrogen) atoms. The molecular weight excluding hydrogens is 338 g/mol. The van der Waals surface area contributed by atoms with E-state index in [2.05, 4.69) is 53.6 Å². The molecule has 148 valence electrons. The zero-order valence-electron chi connectivity index (χ0n) is 16.9. The van der Waals surface area contributed by atoms with Crippen LogP contribution in [0.15, 0.2) is 29.3 Å². The van der Waals surface area contributed by atoms with Gasteiger partial charge in [0, 0.05) is 50.4 Å². The lowest BCUT2D eigenvalue weighted by Gasteiger charge is -2.26. The third-order valence-electron chi connectivity index (χ3n) is 5.50. The van der Waals surface area contributed by atoms with Crippen LogP contribution in [0, 0.1) is 0 Å². The molecule has 2 atom stereocenters. The number of fused-ring (bicyclic) bond motifs is 1. The van der Waals surface area contributed by atoms with Crippen LogP contribution in [0.5, 0.6) is 0 Å². The van der Waals surface area contributed by atoms with E-state index in [1.54, 1.807) is 0 Å². The van der Waals surface area contributed by atoms with Gasteiger partial charge < -0.3 is 20.4 Å². The monoisotopic (exact) mass is 371 g/mol. The second-order valence-corrected chi connectivity index (χ2v) is 7.46. The van der Waals surface area contributed by atoms with Crippen LogP contribution in [-0.4, -0.2) is 61.6 Å². The summed E-state index contributed by atoms with van der Waals surface area (Å²) in [4.78, 5) is 21.1. The van der Waals surface area contributed by atoms with Gasteiger partial charge in [-0.2, -0.15) is 0 Å². The lowest BCUT2D eigenvalue weighted by atomic mass is 10.2. The molecule has 0 aromatic heterocycles. The Kier molecular flexibility index (Phi) is 6.58. The Bertz CT molecular complexity index is 674. The molecule has 0 radical (unpaired) electrons. The van der Waals surface area contributed by atoms with Gasteiger partial charge in [-0.15, -0.1) is 0 Å². The number of hydrogen-bond donors (Lipinski definition) is 2. The number of guanidine groups is 1. The first-order valence-electron chi connectivity index (χ1n) is 10.3. The third-order valence-corrected chi connectivity index (χ3v) is 5.50. The number of amides is 1. The number of carbonyl (C=O) groups is 1. The van der Waals surface area contributed by atoms with Gasteiger partial charge in [-0.1, -0.05) is 25.1 Å². The number of nitrogens with zero attached hydrogens (tertiary/aromatic N) is 3.